The largest absolute Gasteiger partial charge is 0.491 e. The SMILES string of the molecule is CC(C)COc1cc(=O)n(CC(=O)O)nc1C(C)C. The van der Waals surface area contributed by atoms with Crippen molar-refractivity contribution in [2.24, 2.45) is 5.92 Å². The second kappa shape index (κ2) is 6.36. The van der Waals surface area contributed by atoms with Crippen molar-refractivity contribution in [2.45, 2.75) is 40.2 Å². The molecule has 6 nitrogen and oxygen atoms in total. The van der Waals surface area contributed by atoms with Crippen LogP contribution < -0.4 is 10.3 Å². The van der Waals surface area contributed by atoms with Gasteiger partial charge in [0.25, 0.3) is 5.56 Å². The summed E-state index contributed by atoms with van der Waals surface area (Å²) in [5, 5.41) is 12.8. The predicted octanol–water partition coefficient (Wildman–Crippen LogP) is 1.49. The number of hydrogen-bond donors (Lipinski definition) is 1. The molecule has 6 heteroatoms. The lowest BCUT2D eigenvalue weighted by atomic mass is 10.1. The fraction of sp³-hybridized carbons (Fsp3) is 0.615. The van der Waals surface area contributed by atoms with E-state index in [0.29, 0.717) is 24.0 Å². The molecule has 1 N–H and O–H groups in total. The molecule has 0 atom stereocenters. The Morgan fingerprint density at radius 1 is 1.42 bits per heavy atom. The molecular formula is C13H20N2O4. The van der Waals surface area contributed by atoms with Crippen molar-refractivity contribution < 1.29 is 14.6 Å². The van der Waals surface area contributed by atoms with Gasteiger partial charge >= 0.3 is 5.97 Å². The van der Waals surface area contributed by atoms with Crippen molar-refractivity contribution in [3.63, 3.8) is 0 Å². The van der Waals surface area contributed by atoms with Gasteiger partial charge in [0, 0.05) is 12.0 Å². The van der Waals surface area contributed by atoms with Gasteiger partial charge in [0.15, 0.2) is 0 Å². The third kappa shape index (κ3) is 4.39. The second-order valence-electron chi connectivity index (χ2n) is 5.14. The Morgan fingerprint density at radius 2 is 2.05 bits per heavy atom. The molecule has 0 saturated heterocycles. The van der Waals surface area contributed by atoms with Crippen molar-refractivity contribution in [2.75, 3.05) is 6.61 Å². The van der Waals surface area contributed by atoms with Gasteiger partial charge in [0.05, 0.1) is 6.61 Å². The number of carboxylic acid groups (broad SMARTS) is 1. The summed E-state index contributed by atoms with van der Waals surface area (Å²) in [4.78, 5) is 22.4. The Morgan fingerprint density at radius 3 is 2.53 bits per heavy atom. The van der Waals surface area contributed by atoms with Crippen LogP contribution in [-0.4, -0.2) is 27.5 Å². The van der Waals surface area contributed by atoms with E-state index in [1.807, 2.05) is 27.7 Å². The normalized spacial score (nSPS) is 11.1. The lowest BCUT2D eigenvalue weighted by molar-refractivity contribution is -0.138. The van der Waals surface area contributed by atoms with Crippen molar-refractivity contribution in [3.8, 4) is 5.75 Å². The van der Waals surface area contributed by atoms with Crippen LogP contribution in [0.15, 0.2) is 10.9 Å². The zero-order valence-corrected chi connectivity index (χ0v) is 11.7. The summed E-state index contributed by atoms with van der Waals surface area (Å²) in [6.45, 7) is 7.90. The van der Waals surface area contributed by atoms with Gasteiger partial charge in [-0.25, -0.2) is 4.68 Å². The molecule has 1 aromatic heterocycles. The van der Waals surface area contributed by atoms with Crippen molar-refractivity contribution in [1.82, 2.24) is 9.78 Å². The summed E-state index contributed by atoms with van der Waals surface area (Å²) in [5.41, 5.74) is 0.132. The first-order valence-electron chi connectivity index (χ1n) is 6.28. The van der Waals surface area contributed by atoms with Crippen LogP contribution in [0.5, 0.6) is 5.75 Å². The van der Waals surface area contributed by atoms with Crippen molar-refractivity contribution in [3.05, 3.63) is 22.1 Å². The molecule has 0 unspecified atom stereocenters. The molecule has 0 aliphatic carbocycles. The van der Waals surface area contributed by atoms with E-state index in [2.05, 4.69) is 5.10 Å². The summed E-state index contributed by atoms with van der Waals surface area (Å²) < 4.78 is 6.52. The van der Waals surface area contributed by atoms with Crippen LogP contribution in [0.1, 0.15) is 39.3 Å². The van der Waals surface area contributed by atoms with Gasteiger partial charge in [-0.3, -0.25) is 9.59 Å². The molecule has 0 radical (unpaired) electrons. The molecule has 0 aromatic carbocycles. The van der Waals surface area contributed by atoms with Crippen LogP contribution >= 0.6 is 0 Å². The lowest BCUT2D eigenvalue weighted by Gasteiger charge is -2.15. The van der Waals surface area contributed by atoms with E-state index in [1.54, 1.807) is 0 Å². The number of carboxylic acids is 1. The standard InChI is InChI=1S/C13H20N2O4/c1-8(2)7-19-10-5-11(16)15(6-12(17)18)14-13(10)9(3)4/h5,8-9H,6-7H2,1-4H3,(H,17,18). The van der Waals surface area contributed by atoms with Gasteiger partial charge in [-0.2, -0.15) is 5.10 Å². The zero-order valence-electron chi connectivity index (χ0n) is 11.7. The van der Waals surface area contributed by atoms with Crippen LogP contribution in [0.3, 0.4) is 0 Å². The van der Waals surface area contributed by atoms with E-state index >= 15 is 0 Å². The molecule has 19 heavy (non-hydrogen) atoms. The van der Waals surface area contributed by atoms with Crippen molar-refractivity contribution in [1.29, 1.82) is 0 Å². The third-order valence-electron chi connectivity index (χ3n) is 2.39. The fourth-order valence-corrected chi connectivity index (χ4v) is 1.50. The topological polar surface area (TPSA) is 81.4 Å². The van der Waals surface area contributed by atoms with Crippen LogP contribution in [0, 0.1) is 5.92 Å². The van der Waals surface area contributed by atoms with Gasteiger partial charge in [0.1, 0.15) is 18.0 Å². The molecule has 1 rings (SSSR count). The molecule has 0 amide bonds. The highest BCUT2D eigenvalue weighted by atomic mass is 16.5. The Kier molecular flexibility index (Phi) is 5.09. The molecular weight excluding hydrogens is 248 g/mol. The second-order valence-corrected chi connectivity index (χ2v) is 5.14. The molecule has 0 bridgehead atoms. The van der Waals surface area contributed by atoms with Gasteiger partial charge in [-0.15, -0.1) is 0 Å². The summed E-state index contributed by atoms with van der Waals surface area (Å²) in [5.74, 6) is -0.278. The number of aromatic nitrogens is 2. The van der Waals surface area contributed by atoms with Crippen molar-refractivity contribution >= 4 is 5.97 Å². The molecule has 0 aliphatic rings. The number of nitrogens with zero attached hydrogens (tertiary/aromatic N) is 2. The van der Waals surface area contributed by atoms with Gasteiger partial charge in [0.2, 0.25) is 0 Å². The molecule has 0 aliphatic heterocycles. The number of hydrogen-bond acceptors (Lipinski definition) is 4. The molecule has 1 aromatic rings. The van der Waals surface area contributed by atoms with Gasteiger partial charge in [-0.1, -0.05) is 27.7 Å². The molecule has 0 spiro atoms. The van der Waals surface area contributed by atoms with Gasteiger partial charge < -0.3 is 9.84 Å². The number of carbonyl (C=O) groups is 1. The Balaban J connectivity index is 3.13. The smallest absolute Gasteiger partial charge is 0.325 e. The highest BCUT2D eigenvalue weighted by molar-refractivity contribution is 5.66. The van der Waals surface area contributed by atoms with Crippen LogP contribution in [-0.2, 0) is 11.3 Å². The quantitative estimate of drug-likeness (QED) is 0.845. The minimum atomic E-state index is -1.10. The monoisotopic (exact) mass is 268 g/mol. The summed E-state index contributed by atoms with van der Waals surface area (Å²) >= 11 is 0. The summed E-state index contributed by atoms with van der Waals surface area (Å²) in [6.07, 6.45) is 0. The summed E-state index contributed by atoms with van der Waals surface area (Å²) in [7, 11) is 0. The molecule has 1 heterocycles. The molecule has 0 saturated carbocycles. The van der Waals surface area contributed by atoms with Crippen LogP contribution in [0.2, 0.25) is 0 Å². The Labute approximate surface area is 112 Å². The maximum absolute atomic E-state index is 11.8. The first-order valence-corrected chi connectivity index (χ1v) is 6.28. The van der Waals surface area contributed by atoms with Crippen LogP contribution in [0.4, 0.5) is 0 Å². The highest BCUT2D eigenvalue weighted by Crippen LogP contribution is 2.22. The van der Waals surface area contributed by atoms with Crippen LogP contribution in [0.25, 0.3) is 0 Å². The zero-order chi connectivity index (χ0) is 14.6. The number of rotatable bonds is 6. The van der Waals surface area contributed by atoms with E-state index < -0.39 is 18.1 Å². The average Bonchev–Trinajstić information content (AvgIpc) is 2.28. The lowest BCUT2D eigenvalue weighted by Crippen LogP contribution is -2.28. The maximum atomic E-state index is 11.8. The van der Waals surface area contributed by atoms with E-state index in [0.717, 1.165) is 4.68 Å². The Hall–Kier alpha value is -1.85. The highest BCUT2D eigenvalue weighted by Gasteiger charge is 2.15. The molecule has 106 valence electrons. The molecule has 0 fully saturated rings. The maximum Gasteiger partial charge on any atom is 0.325 e. The fourth-order valence-electron chi connectivity index (χ4n) is 1.50. The summed E-state index contributed by atoms with van der Waals surface area (Å²) in [6, 6.07) is 1.31. The minimum absolute atomic E-state index is 0.0443. The first-order chi connectivity index (χ1) is 8.81. The van der Waals surface area contributed by atoms with E-state index in [9.17, 15) is 9.59 Å². The predicted molar refractivity (Wildman–Crippen MR) is 70.6 cm³/mol. The van der Waals surface area contributed by atoms with Gasteiger partial charge in [-0.05, 0) is 5.92 Å². The van der Waals surface area contributed by atoms with E-state index in [4.69, 9.17) is 9.84 Å². The van der Waals surface area contributed by atoms with E-state index in [1.165, 1.54) is 6.07 Å². The number of ether oxygens (including phenoxy) is 1. The first kappa shape index (κ1) is 15.2. The number of aliphatic carboxylic acids is 1. The third-order valence-corrected chi connectivity index (χ3v) is 2.39. The minimum Gasteiger partial charge on any atom is -0.491 e. The average molecular weight is 268 g/mol. The van der Waals surface area contributed by atoms with E-state index in [-0.39, 0.29) is 5.92 Å². The Bertz CT molecular complexity index is 506.